The number of nitrogens with zero attached hydrogens (tertiary/aromatic N) is 1. The van der Waals surface area contributed by atoms with Crippen LogP contribution in [0.5, 0.6) is 0 Å². The molecule has 0 unspecified atom stereocenters. The van der Waals surface area contributed by atoms with Crippen molar-refractivity contribution in [2.75, 3.05) is 4.90 Å². The summed E-state index contributed by atoms with van der Waals surface area (Å²) in [5, 5.41) is 6.33. The van der Waals surface area contributed by atoms with Crippen molar-refractivity contribution in [3.05, 3.63) is 248 Å². The third-order valence-electron chi connectivity index (χ3n) is 13.3. The summed E-state index contributed by atoms with van der Waals surface area (Å²) in [6.07, 6.45) is 0. The van der Waals surface area contributed by atoms with Crippen LogP contribution in [0.1, 0.15) is 30.5 Å². The summed E-state index contributed by atoms with van der Waals surface area (Å²) in [7, 11) is 0. The lowest BCUT2D eigenvalue weighted by molar-refractivity contribution is 0.662. The molecular formula is C63H45N. The summed E-state index contributed by atoms with van der Waals surface area (Å²) >= 11 is 0. The van der Waals surface area contributed by atoms with E-state index >= 15 is 0 Å². The van der Waals surface area contributed by atoms with Crippen LogP contribution in [0.15, 0.2) is 236 Å². The van der Waals surface area contributed by atoms with Gasteiger partial charge in [0.05, 0.1) is 5.48 Å². The van der Waals surface area contributed by atoms with Crippen molar-refractivity contribution in [2.45, 2.75) is 19.3 Å². The Morgan fingerprint density at radius 3 is 1.66 bits per heavy atom. The lowest BCUT2D eigenvalue weighted by Crippen LogP contribution is -2.16. The van der Waals surface area contributed by atoms with Gasteiger partial charge in [0, 0.05) is 22.5 Å². The molecule has 0 atom stereocenters. The van der Waals surface area contributed by atoms with E-state index in [2.05, 4.69) is 159 Å². The molecule has 1 aliphatic rings. The van der Waals surface area contributed by atoms with Gasteiger partial charge in [0.15, 0.2) is 0 Å². The molecule has 0 spiro atoms. The first kappa shape index (κ1) is 33.6. The summed E-state index contributed by atoms with van der Waals surface area (Å²) in [6.45, 7) is 4.60. The minimum Gasteiger partial charge on any atom is -0.311 e. The van der Waals surface area contributed by atoms with Crippen LogP contribution in [0.25, 0.3) is 88.0 Å². The van der Waals surface area contributed by atoms with Crippen LogP contribution in [0, 0.1) is 0 Å². The zero-order valence-electron chi connectivity index (χ0n) is 39.7. The summed E-state index contributed by atoms with van der Waals surface area (Å²) < 4.78 is 39.0. The molecule has 11 aromatic carbocycles. The molecule has 12 rings (SSSR count). The van der Waals surface area contributed by atoms with Crippen molar-refractivity contribution in [3.63, 3.8) is 0 Å². The minimum atomic E-state index is -0.198. The molecule has 1 heteroatoms. The molecule has 0 aromatic heterocycles. The molecule has 1 aliphatic carbocycles. The minimum absolute atomic E-state index is 0.0911. The van der Waals surface area contributed by atoms with Crippen LogP contribution in [-0.4, -0.2) is 0 Å². The Morgan fingerprint density at radius 2 is 0.875 bits per heavy atom. The van der Waals surface area contributed by atoms with Crippen molar-refractivity contribution in [2.24, 2.45) is 0 Å². The average molecular weight is 820 g/mol. The first-order valence-corrected chi connectivity index (χ1v) is 22.0. The standard InChI is InChI=1S/C63H45N/c1-63(2)61-27-10-9-23-58(61)59-26-13-25-55(62(59)63)44-30-36-50(37-31-44)64(51-38-32-45(33-39-51)60-41-48-15-4-6-20-54(48)56-21-7-8-22-57(56)60)49-34-28-42(29-35-49)46-17-11-18-47(40-46)53-24-12-16-43-14-3-5-19-52(43)53/h3-41H,1-2H3/i32D,33D,38D,39D. The number of anilines is 3. The molecule has 11 aromatic rings. The van der Waals surface area contributed by atoms with Crippen LogP contribution in [0.3, 0.4) is 0 Å². The molecule has 0 aliphatic heterocycles. The molecule has 0 bridgehead atoms. The van der Waals surface area contributed by atoms with E-state index in [1.165, 1.54) is 38.6 Å². The van der Waals surface area contributed by atoms with E-state index in [0.29, 0.717) is 11.3 Å². The Morgan fingerprint density at radius 1 is 0.328 bits per heavy atom. The smallest absolute Gasteiger partial charge is 0.0645 e. The highest BCUT2D eigenvalue weighted by molar-refractivity contribution is 6.13. The number of hydrogen-bond donors (Lipinski definition) is 0. The van der Waals surface area contributed by atoms with Gasteiger partial charge in [0.2, 0.25) is 0 Å². The van der Waals surface area contributed by atoms with Gasteiger partial charge in [0.25, 0.3) is 0 Å². The Labute approximate surface area is 380 Å². The summed E-state index contributed by atoms with van der Waals surface area (Å²) in [5.74, 6) is 0. The van der Waals surface area contributed by atoms with Gasteiger partial charge < -0.3 is 4.90 Å². The van der Waals surface area contributed by atoms with Crippen LogP contribution in [0.4, 0.5) is 17.1 Å². The van der Waals surface area contributed by atoms with E-state index in [9.17, 15) is 5.48 Å². The maximum Gasteiger partial charge on any atom is 0.0645 e. The largest absolute Gasteiger partial charge is 0.311 e. The predicted octanol–water partition coefficient (Wildman–Crippen LogP) is 17.6. The van der Waals surface area contributed by atoms with E-state index in [1.807, 2.05) is 71.6 Å². The fourth-order valence-corrected chi connectivity index (χ4v) is 10.2. The van der Waals surface area contributed by atoms with Crippen molar-refractivity contribution in [1.82, 2.24) is 0 Å². The van der Waals surface area contributed by atoms with Crippen molar-refractivity contribution in [3.8, 4) is 55.6 Å². The topological polar surface area (TPSA) is 3.24 Å². The predicted molar refractivity (Wildman–Crippen MR) is 273 cm³/mol. The van der Waals surface area contributed by atoms with Crippen molar-refractivity contribution in [1.29, 1.82) is 0 Å². The first-order chi connectivity index (χ1) is 33.2. The number of hydrogen-bond acceptors (Lipinski definition) is 1. The molecule has 0 heterocycles. The fourth-order valence-electron chi connectivity index (χ4n) is 10.2. The number of fused-ring (bicyclic) bond motifs is 7. The third kappa shape index (κ3) is 6.23. The summed E-state index contributed by atoms with van der Waals surface area (Å²) in [6, 6.07) is 73.0. The Balaban J connectivity index is 1.00. The van der Waals surface area contributed by atoms with Gasteiger partial charge in [-0.25, -0.2) is 0 Å². The van der Waals surface area contributed by atoms with Crippen molar-refractivity contribution >= 4 is 49.4 Å². The molecule has 0 radical (unpaired) electrons. The molecule has 0 fully saturated rings. The van der Waals surface area contributed by atoms with E-state index in [4.69, 9.17) is 0 Å². The van der Waals surface area contributed by atoms with Gasteiger partial charge >= 0.3 is 0 Å². The third-order valence-corrected chi connectivity index (χ3v) is 13.3. The average Bonchev–Trinajstić information content (AvgIpc) is 3.63. The molecule has 302 valence electrons. The fraction of sp³-hybridized carbons (Fsp3) is 0.0476. The summed E-state index contributed by atoms with van der Waals surface area (Å²) in [5.41, 5.74) is 14.1. The SMILES string of the molecule is [2H]c1c([2H])c(N(c2ccc(-c3cccc(-c4cccc5ccccc45)c3)cc2)c2ccc(-c3cccc4c3C(C)(C)c3ccccc3-4)cc2)c([2H])c([2H])c1-c1cc2ccccc2c2ccccc12. The molecule has 0 amide bonds. The first-order valence-electron chi connectivity index (χ1n) is 24.0. The van der Waals surface area contributed by atoms with E-state index in [-0.39, 0.29) is 40.8 Å². The number of rotatable bonds is 7. The van der Waals surface area contributed by atoms with Gasteiger partial charge in [-0.3, -0.25) is 0 Å². The molecular weight excluding hydrogens is 771 g/mol. The highest BCUT2D eigenvalue weighted by Gasteiger charge is 2.37. The molecule has 0 N–H and O–H groups in total. The zero-order valence-corrected chi connectivity index (χ0v) is 35.7. The molecule has 0 saturated carbocycles. The highest BCUT2D eigenvalue weighted by atomic mass is 15.1. The maximum absolute atomic E-state index is 9.80. The van der Waals surface area contributed by atoms with Crippen molar-refractivity contribution < 1.29 is 5.48 Å². The molecule has 64 heavy (non-hydrogen) atoms. The maximum atomic E-state index is 9.80. The lowest BCUT2D eigenvalue weighted by Gasteiger charge is -2.27. The quantitative estimate of drug-likeness (QED) is 0.145. The van der Waals surface area contributed by atoms with Gasteiger partial charge in [-0.05, 0) is 148 Å². The second-order valence-electron chi connectivity index (χ2n) is 17.3. The Bertz CT molecular complexity index is 3780. The van der Waals surface area contributed by atoms with Crippen LogP contribution in [-0.2, 0) is 5.41 Å². The summed E-state index contributed by atoms with van der Waals surface area (Å²) in [4.78, 5) is 1.89. The van der Waals surface area contributed by atoms with Crippen LogP contribution < -0.4 is 4.90 Å². The molecule has 1 nitrogen and oxygen atoms in total. The van der Waals surface area contributed by atoms with E-state index in [0.717, 1.165) is 55.0 Å². The number of benzene rings is 11. The Kier molecular flexibility index (Phi) is 7.94. The second-order valence-corrected chi connectivity index (χ2v) is 17.3. The van der Waals surface area contributed by atoms with Gasteiger partial charge in [-0.2, -0.15) is 0 Å². The van der Waals surface area contributed by atoms with E-state index < -0.39 is 0 Å². The zero-order chi connectivity index (χ0) is 46.3. The van der Waals surface area contributed by atoms with Gasteiger partial charge in [-0.1, -0.05) is 202 Å². The van der Waals surface area contributed by atoms with E-state index in [1.54, 1.807) is 0 Å². The second kappa shape index (κ2) is 15.1. The Hall–Kier alpha value is -8.00. The lowest BCUT2D eigenvalue weighted by atomic mass is 9.79. The monoisotopic (exact) mass is 819 g/mol. The van der Waals surface area contributed by atoms with Gasteiger partial charge in [-0.15, -0.1) is 0 Å². The van der Waals surface area contributed by atoms with Crippen LogP contribution in [0.2, 0.25) is 0 Å². The normalized spacial score (nSPS) is 13.5. The van der Waals surface area contributed by atoms with Gasteiger partial charge in [0.1, 0.15) is 0 Å². The highest BCUT2D eigenvalue weighted by Crippen LogP contribution is 2.52. The molecule has 0 saturated heterocycles. The van der Waals surface area contributed by atoms with Crippen LogP contribution >= 0.6 is 0 Å².